The molecule has 0 unspecified atom stereocenters. The van der Waals surface area contributed by atoms with Gasteiger partial charge in [0.05, 0.1) is 5.52 Å². The van der Waals surface area contributed by atoms with E-state index in [0.29, 0.717) is 16.8 Å². The van der Waals surface area contributed by atoms with E-state index >= 15 is 0 Å². The maximum atomic E-state index is 13.0. The molecule has 35 heavy (non-hydrogen) atoms. The van der Waals surface area contributed by atoms with Crippen LogP contribution in [0.5, 0.6) is 0 Å². The molecule has 2 fully saturated rings. The maximum Gasteiger partial charge on any atom is 0.264 e. The predicted octanol–water partition coefficient (Wildman–Crippen LogP) is 4.37. The number of nitrogens with zero attached hydrogens (tertiary/aromatic N) is 3. The molecule has 1 aromatic heterocycles. The summed E-state index contributed by atoms with van der Waals surface area (Å²) in [7, 11) is -3.83. The molecule has 1 saturated carbocycles. The molecule has 2 aliphatic rings. The number of sulfonamides is 1. The van der Waals surface area contributed by atoms with Crippen molar-refractivity contribution in [2.75, 3.05) is 37.4 Å². The van der Waals surface area contributed by atoms with Crippen molar-refractivity contribution in [2.24, 2.45) is 5.92 Å². The van der Waals surface area contributed by atoms with Gasteiger partial charge in [0.25, 0.3) is 15.9 Å². The third-order valence-corrected chi connectivity index (χ3v) is 8.58. The second-order valence-corrected chi connectivity index (χ2v) is 11.3. The number of benzene rings is 2. The lowest BCUT2D eigenvalue weighted by molar-refractivity contribution is 0.0606. The Morgan fingerprint density at radius 1 is 0.914 bits per heavy atom. The number of para-hydroxylation sites is 1. The molecule has 1 aliphatic carbocycles. The first-order chi connectivity index (χ1) is 17.0. The highest BCUT2D eigenvalue weighted by Gasteiger charge is 2.25. The molecule has 1 N–H and O–H groups in total. The zero-order chi connectivity index (χ0) is 24.3. The van der Waals surface area contributed by atoms with Crippen molar-refractivity contribution < 1.29 is 13.2 Å². The number of rotatable bonds is 6. The summed E-state index contributed by atoms with van der Waals surface area (Å²) >= 11 is 0. The van der Waals surface area contributed by atoms with Crippen molar-refractivity contribution >= 4 is 32.5 Å². The van der Waals surface area contributed by atoms with E-state index in [1.54, 1.807) is 48.7 Å². The first kappa shape index (κ1) is 23.8. The van der Waals surface area contributed by atoms with Crippen LogP contribution >= 0.6 is 0 Å². The second-order valence-electron chi connectivity index (χ2n) is 9.61. The number of amides is 1. The van der Waals surface area contributed by atoms with Crippen LogP contribution in [0.2, 0.25) is 0 Å². The first-order valence-corrected chi connectivity index (χ1v) is 14.0. The smallest absolute Gasteiger partial charge is 0.264 e. The summed E-state index contributed by atoms with van der Waals surface area (Å²) in [5, 5.41) is 0.759. The Hall–Kier alpha value is -2.97. The van der Waals surface area contributed by atoms with E-state index in [-0.39, 0.29) is 10.8 Å². The fourth-order valence-corrected chi connectivity index (χ4v) is 6.47. The van der Waals surface area contributed by atoms with Gasteiger partial charge in [-0.05, 0) is 55.2 Å². The fraction of sp³-hybridized carbons (Fsp3) is 0.407. The molecule has 2 heterocycles. The Bertz CT molecular complexity index is 1270. The zero-order valence-corrected chi connectivity index (χ0v) is 20.7. The lowest BCUT2D eigenvalue weighted by atomic mass is 9.89. The lowest BCUT2D eigenvalue weighted by Crippen LogP contribution is -2.49. The number of hydrogen-bond donors (Lipinski definition) is 1. The van der Waals surface area contributed by atoms with E-state index < -0.39 is 10.0 Å². The number of aromatic nitrogens is 1. The highest BCUT2D eigenvalue weighted by molar-refractivity contribution is 7.93. The molecule has 2 aromatic carbocycles. The van der Waals surface area contributed by atoms with Gasteiger partial charge in [0.1, 0.15) is 4.90 Å². The minimum Gasteiger partial charge on any atom is -0.336 e. The van der Waals surface area contributed by atoms with Crippen LogP contribution in [-0.4, -0.2) is 61.8 Å². The van der Waals surface area contributed by atoms with Gasteiger partial charge in [0.15, 0.2) is 0 Å². The number of carbonyl (C=O) groups is 1. The zero-order valence-electron chi connectivity index (χ0n) is 19.9. The van der Waals surface area contributed by atoms with E-state index in [0.717, 1.165) is 44.0 Å². The van der Waals surface area contributed by atoms with Crippen LogP contribution < -0.4 is 4.72 Å². The molecule has 1 amide bonds. The quantitative estimate of drug-likeness (QED) is 0.552. The summed E-state index contributed by atoms with van der Waals surface area (Å²) in [5.74, 6) is 0.807. The van der Waals surface area contributed by atoms with Crippen LogP contribution in [0.15, 0.2) is 65.7 Å². The third kappa shape index (κ3) is 5.49. The molecule has 8 heteroatoms. The molecule has 1 aliphatic heterocycles. The Balaban J connectivity index is 1.20. The van der Waals surface area contributed by atoms with E-state index in [1.165, 1.54) is 32.1 Å². The van der Waals surface area contributed by atoms with E-state index in [1.807, 2.05) is 17.0 Å². The average Bonchev–Trinajstić information content (AvgIpc) is 2.89. The molecule has 3 aromatic rings. The van der Waals surface area contributed by atoms with E-state index in [9.17, 15) is 13.2 Å². The lowest BCUT2D eigenvalue weighted by Gasteiger charge is -2.37. The molecule has 0 bridgehead atoms. The number of carbonyl (C=O) groups excluding carboxylic acids is 1. The van der Waals surface area contributed by atoms with E-state index in [2.05, 4.69) is 14.6 Å². The molecule has 0 radical (unpaired) electrons. The van der Waals surface area contributed by atoms with Crippen LogP contribution in [0.3, 0.4) is 0 Å². The summed E-state index contributed by atoms with van der Waals surface area (Å²) in [6.07, 6.45) is 8.34. The summed E-state index contributed by atoms with van der Waals surface area (Å²) in [5.41, 5.74) is 1.41. The topological polar surface area (TPSA) is 82.6 Å². The predicted molar refractivity (Wildman–Crippen MR) is 138 cm³/mol. The summed E-state index contributed by atoms with van der Waals surface area (Å²) in [6, 6.07) is 15.4. The molecule has 0 atom stereocenters. The third-order valence-electron chi connectivity index (χ3n) is 7.17. The summed E-state index contributed by atoms with van der Waals surface area (Å²) in [6.45, 7) is 4.45. The van der Waals surface area contributed by atoms with Crippen LogP contribution in [0.25, 0.3) is 10.9 Å². The Kier molecular flexibility index (Phi) is 7.02. The molecular formula is C27H32N4O3S. The van der Waals surface area contributed by atoms with Crippen molar-refractivity contribution in [1.82, 2.24) is 14.8 Å². The van der Waals surface area contributed by atoms with Crippen molar-refractivity contribution in [3.05, 3.63) is 66.4 Å². The highest BCUT2D eigenvalue weighted by atomic mass is 32.2. The van der Waals surface area contributed by atoms with E-state index in [4.69, 9.17) is 0 Å². The Morgan fingerprint density at radius 3 is 2.37 bits per heavy atom. The second kappa shape index (κ2) is 10.3. The number of pyridine rings is 1. The number of anilines is 1. The normalized spacial score (nSPS) is 18.0. The molecule has 0 spiro atoms. The first-order valence-electron chi connectivity index (χ1n) is 12.5. The summed E-state index contributed by atoms with van der Waals surface area (Å²) in [4.78, 5) is 21.8. The molecule has 5 rings (SSSR count). The van der Waals surface area contributed by atoms with Crippen molar-refractivity contribution in [3.63, 3.8) is 0 Å². The number of piperazine rings is 1. The minimum atomic E-state index is -3.83. The largest absolute Gasteiger partial charge is 0.336 e. The Labute approximate surface area is 207 Å². The molecule has 7 nitrogen and oxygen atoms in total. The van der Waals surface area contributed by atoms with Gasteiger partial charge in [0.2, 0.25) is 0 Å². The number of fused-ring (bicyclic) bond motifs is 1. The van der Waals surface area contributed by atoms with Gasteiger partial charge in [0, 0.05) is 55.6 Å². The summed E-state index contributed by atoms with van der Waals surface area (Å²) < 4.78 is 28.7. The van der Waals surface area contributed by atoms with Crippen LogP contribution in [0.4, 0.5) is 5.69 Å². The number of nitrogens with one attached hydrogen (secondary N) is 1. The Morgan fingerprint density at radius 2 is 1.63 bits per heavy atom. The van der Waals surface area contributed by atoms with Crippen LogP contribution in [0.1, 0.15) is 42.5 Å². The van der Waals surface area contributed by atoms with Crippen molar-refractivity contribution in [2.45, 2.75) is 37.0 Å². The average molecular weight is 493 g/mol. The minimum absolute atomic E-state index is 0.00465. The number of hydrogen-bond acceptors (Lipinski definition) is 5. The van der Waals surface area contributed by atoms with Gasteiger partial charge in [-0.3, -0.25) is 19.4 Å². The fourth-order valence-electron chi connectivity index (χ4n) is 5.24. The van der Waals surface area contributed by atoms with Gasteiger partial charge in [-0.2, -0.15) is 0 Å². The molecule has 184 valence electrons. The van der Waals surface area contributed by atoms with Gasteiger partial charge >= 0.3 is 0 Å². The van der Waals surface area contributed by atoms with Crippen LogP contribution in [-0.2, 0) is 10.0 Å². The standard InChI is InChI=1S/C27H32N4O3S/c32-27(31-18-16-30(17-19-31)20-21-6-2-1-3-7-21)23-11-13-24(14-12-23)29-35(33,34)25-10-4-8-22-9-5-15-28-26(22)25/h4-5,8-15,21,29H,1-3,6-7,16-20H2. The van der Waals surface area contributed by atoms with Crippen LogP contribution in [0, 0.1) is 5.92 Å². The van der Waals surface area contributed by atoms with Gasteiger partial charge in [-0.25, -0.2) is 8.42 Å². The van der Waals surface area contributed by atoms with Crippen molar-refractivity contribution in [1.29, 1.82) is 0 Å². The monoisotopic (exact) mass is 492 g/mol. The van der Waals surface area contributed by atoms with Gasteiger partial charge < -0.3 is 4.90 Å². The molecular weight excluding hydrogens is 460 g/mol. The van der Waals surface area contributed by atoms with Crippen molar-refractivity contribution in [3.8, 4) is 0 Å². The maximum absolute atomic E-state index is 13.0. The SMILES string of the molecule is O=C(c1ccc(NS(=O)(=O)c2cccc3cccnc23)cc1)N1CCN(CC2CCCCC2)CC1. The van der Waals surface area contributed by atoms with Gasteiger partial charge in [-0.15, -0.1) is 0 Å². The van der Waals surface area contributed by atoms with Gasteiger partial charge in [-0.1, -0.05) is 37.5 Å². The highest BCUT2D eigenvalue weighted by Crippen LogP contribution is 2.26. The molecule has 1 saturated heterocycles.